The summed E-state index contributed by atoms with van der Waals surface area (Å²) < 4.78 is 52.3. The van der Waals surface area contributed by atoms with Crippen LogP contribution in [0.1, 0.15) is 31.2 Å². The maximum atomic E-state index is 13.2. The minimum Gasteiger partial charge on any atom is -0.271 e. The van der Waals surface area contributed by atoms with Crippen LogP contribution in [0.3, 0.4) is 0 Å². The highest BCUT2D eigenvalue weighted by Crippen LogP contribution is 2.37. The Morgan fingerprint density at radius 2 is 1.85 bits per heavy atom. The quantitative estimate of drug-likeness (QED) is 0.508. The Morgan fingerprint density at radius 1 is 1.20 bits per heavy atom. The molecule has 1 atom stereocenters. The molecule has 0 aromatic heterocycles. The summed E-state index contributed by atoms with van der Waals surface area (Å²) >= 11 is 0. The molecular weight excluding hydrogens is 272 g/mol. The number of nitrogens with one attached hydrogen (secondary N) is 1. The summed E-state index contributed by atoms with van der Waals surface area (Å²) in [6, 6.07) is 3.46. The van der Waals surface area contributed by atoms with E-state index in [0.717, 1.165) is 12.1 Å². The summed E-state index contributed by atoms with van der Waals surface area (Å²) in [6.45, 7) is 0. The van der Waals surface area contributed by atoms with E-state index in [-0.39, 0.29) is 24.8 Å². The van der Waals surface area contributed by atoms with Crippen molar-refractivity contribution in [1.82, 2.24) is 5.43 Å². The molecule has 0 aliphatic heterocycles. The predicted molar refractivity (Wildman–Crippen MR) is 68.1 cm³/mol. The molecule has 1 fully saturated rings. The van der Waals surface area contributed by atoms with Gasteiger partial charge in [0.1, 0.15) is 0 Å². The second kappa shape index (κ2) is 6.10. The third-order valence-electron chi connectivity index (χ3n) is 3.98. The number of alkyl halides is 2. The molecule has 20 heavy (non-hydrogen) atoms. The van der Waals surface area contributed by atoms with E-state index in [1.54, 1.807) is 0 Å². The van der Waals surface area contributed by atoms with Crippen LogP contribution in [0.25, 0.3) is 0 Å². The predicted octanol–water partition coefficient (Wildman–Crippen LogP) is 3.16. The zero-order chi connectivity index (χ0) is 14.8. The van der Waals surface area contributed by atoms with Crippen molar-refractivity contribution in [2.75, 3.05) is 0 Å². The van der Waals surface area contributed by atoms with Crippen LogP contribution >= 0.6 is 0 Å². The van der Waals surface area contributed by atoms with Crippen LogP contribution in [0.5, 0.6) is 0 Å². The maximum Gasteiger partial charge on any atom is 0.248 e. The lowest BCUT2D eigenvalue weighted by Crippen LogP contribution is -2.44. The van der Waals surface area contributed by atoms with Crippen molar-refractivity contribution in [3.63, 3.8) is 0 Å². The van der Waals surface area contributed by atoms with Crippen LogP contribution in [0.2, 0.25) is 0 Å². The molecule has 2 rings (SSSR count). The van der Waals surface area contributed by atoms with Gasteiger partial charge in [-0.05, 0) is 42.9 Å². The van der Waals surface area contributed by atoms with Crippen molar-refractivity contribution in [3.8, 4) is 0 Å². The van der Waals surface area contributed by atoms with Crippen LogP contribution in [-0.2, 0) is 6.42 Å². The van der Waals surface area contributed by atoms with Gasteiger partial charge in [-0.2, -0.15) is 0 Å². The van der Waals surface area contributed by atoms with E-state index in [9.17, 15) is 17.6 Å². The third kappa shape index (κ3) is 3.70. The van der Waals surface area contributed by atoms with E-state index in [2.05, 4.69) is 5.43 Å². The minimum absolute atomic E-state index is 0.0211. The zero-order valence-electron chi connectivity index (χ0n) is 11.0. The molecule has 1 aliphatic carbocycles. The Morgan fingerprint density at radius 3 is 2.40 bits per heavy atom. The van der Waals surface area contributed by atoms with Gasteiger partial charge in [-0.3, -0.25) is 11.3 Å². The highest BCUT2D eigenvalue weighted by molar-refractivity contribution is 5.19. The zero-order valence-corrected chi connectivity index (χ0v) is 11.0. The molecule has 0 saturated heterocycles. The Hall–Kier alpha value is -1.14. The molecule has 6 heteroatoms. The smallest absolute Gasteiger partial charge is 0.248 e. The normalized spacial score (nSPS) is 20.9. The minimum atomic E-state index is -2.59. The van der Waals surface area contributed by atoms with E-state index in [0.29, 0.717) is 24.8 Å². The Labute approximate surface area is 115 Å². The van der Waals surface area contributed by atoms with Crippen molar-refractivity contribution in [2.45, 2.75) is 44.1 Å². The van der Waals surface area contributed by atoms with Crippen molar-refractivity contribution in [1.29, 1.82) is 0 Å². The molecule has 0 heterocycles. The van der Waals surface area contributed by atoms with Crippen LogP contribution < -0.4 is 11.3 Å². The lowest BCUT2D eigenvalue weighted by Gasteiger charge is -2.33. The van der Waals surface area contributed by atoms with Gasteiger partial charge in [-0.1, -0.05) is 6.07 Å². The molecular formula is C14H18F4N2. The average molecular weight is 290 g/mol. The Bertz CT molecular complexity index is 454. The summed E-state index contributed by atoms with van der Waals surface area (Å²) in [5.74, 6) is 1.11. The van der Waals surface area contributed by atoms with Crippen molar-refractivity contribution in [3.05, 3.63) is 35.4 Å². The fraction of sp³-hybridized carbons (Fsp3) is 0.571. The first-order valence-electron chi connectivity index (χ1n) is 6.69. The van der Waals surface area contributed by atoms with E-state index in [4.69, 9.17) is 5.84 Å². The first-order chi connectivity index (χ1) is 9.41. The fourth-order valence-electron chi connectivity index (χ4n) is 2.75. The van der Waals surface area contributed by atoms with Gasteiger partial charge in [0.05, 0.1) is 0 Å². The number of halogens is 4. The molecule has 2 nitrogen and oxygen atoms in total. The van der Waals surface area contributed by atoms with Gasteiger partial charge >= 0.3 is 0 Å². The summed E-state index contributed by atoms with van der Waals surface area (Å²) in [7, 11) is 0. The summed E-state index contributed by atoms with van der Waals surface area (Å²) in [5.41, 5.74) is 3.22. The molecule has 112 valence electrons. The lowest BCUT2D eigenvalue weighted by atomic mass is 9.80. The molecule has 1 aliphatic rings. The van der Waals surface area contributed by atoms with Gasteiger partial charge < -0.3 is 0 Å². The highest BCUT2D eigenvalue weighted by atomic mass is 19.3. The van der Waals surface area contributed by atoms with Crippen molar-refractivity contribution in [2.24, 2.45) is 11.8 Å². The van der Waals surface area contributed by atoms with Gasteiger partial charge in [0.15, 0.2) is 11.6 Å². The summed E-state index contributed by atoms with van der Waals surface area (Å²) in [6.07, 6.45) is 0.863. The van der Waals surface area contributed by atoms with E-state index in [1.807, 2.05) is 0 Å². The van der Waals surface area contributed by atoms with Crippen molar-refractivity contribution < 1.29 is 17.6 Å². The van der Waals surface area contributed by atoms with Crippen LogP contribution in [0.15, 0.2) is 18.2 Å². The van der Waals surface area contributed by atoms with E-state index in [1.165, 1.54) is 6.07 Å². The van der Waals surface area contributed by atoms with E-state index >= 15 is 0 Å². The molecule has 0 bridgehead atoms. The molecule has 1 saturated carbocycles. The van der Waals surface area contributed by atoms with Crippen LogP contribution in [0, 0.1) is 17.6 Å². The van der Waals surface area contributed by atoms with Gasteiger partial charge in [-0.15, -0.1) is 0 Å². The van der Waals surface area contributed by atoms with Gasteiger partial charge in [0.25, 0.3) is 0 Å². The van der Waals surface area contributed by atoms with Crippen molar-refractivity contribution >= 4 is 0 Å². The Balaban J connectivity index is 2.00. The largest absolute Gasteiger partial charge is 0.271 e. The van der Waals surface area contributed by atoms with E-state index < -0.39 is 17.6 Å². The van der Waals surface area contributed by atoms with Gasteiger partial charge in [0.2, 0.25) is 5.92 Å². The molecule has 3 N–H and O–H groups in total. The molecule has 0 radical (unpaired) electrons. The standard InChI is InChI=1S/C14H18F4N2/c15-11-2-1-9(7-12(11)16)8-13(20-19)10-3-5-14(17,18)6-4-10/h1-2,7,10,13,20H,3-6,8,19H2. The molecule has 1 aromatic rings. The SMILES string of the molecule is NNC(Cc1ccc(F)c(F)c1)C1CCC(F)(F)CC1. The summed E-state index contributed by atoms with van der Waals surface area (Å²) in [4.78, 5) is 0. The summed E-state index contributed by atoms with van der Waals surface area (Å²) in [5, 5.41) is 0. The second-order valence-electron chi connectivity index (χ2n) is 5.42. The number of hydrogen-bond acceptors (Lipinski definition) is 2. The topological polar surface area (TPSA) is 38.0 Å². The number of hydrazine groups is 1. The number of rotatable bonds is 4. The lowest BCUT2D eigenvalue weighted by molar-refractivity contribution is -0.0495. The maximum absolute atomic E-state index is 13.2. The number of nitrogens with two attached hydrogens (primary N) is 1. The monoisotopic (exact) mass is 290 g/mol. The molecule has 1 aromatic carbocycles. The number of benzene rings is 1. The first-order valence-corrected chi connectivity index (χ1v) is 6.69. The second-order valence-corrected chi connectivity index (χ2v) is 5.42. The highest BCUT2D eigenvalue weighted by Gasteiger charge is 2.37. The Kier molecular flexibility index (Phi) is 4.65. The van der Waals surface area contributed by atoms with Gasteiger partial charge in [0, 0.05) is 18.9 Å². The van der Waals surface area contributed by atoms with Crippen LogP contribution in [0.4, 0.5) is 17.6 Å². The third-order valence-corrected chi connectivity index (χ3v) is 3.98. The first kappa shape index (κ1) is 15.3. The number of hydrogen-bond donors (Lipinski definition) is 2. The fourth-order valence-corrected chi connectivity index (χ4v) is 2.75. The van der Waals surface area contributed by atoms with Crippen LogP contribution in [-0.4, -0.2) is 12.0 Å². The molecule has 0 spiro atoms. The average Bonchev–Trinajstić information content (AvgIpc) is 2.40. The van der Waals surface area contributed by atoms with Gasteiger partial charge in [-0.25, -0.2) is 17.6 Å². The molecule has 0 amide bonds. The molecule has 1 unspecified atom stereocenters.